The smallest absolute Gasteiger partial charge is 0.490 e. The highest BCUT2D eigenvalue weighted by Gasteiger charge is 2.67. The van der Waals surface area contributed by atoms with Gasteiger partial charge in [-0.15, -0.1) is 0 Å². The first kappa shape index (κ1) is 33.8. The quantitative estimate of drug-likeness (QED) is 0.298. The molecule has 2 heterocycles. The Bertz CT molecular complexity index is 1370. The molecular weight excluding hydrogens is 589 g/mol. The molecule has 0 aliphatic carbocycles. The van der Waals surface area contributed by atoms with Gasteiger partial charge in [-0.3, -0.25) is 24.6 Å². The summed E-state index contributed by atoms with van der Waals surface area (Å²) in [6.07, 6.45) is -4.84. The number of aliphatic carboxylic acids is 1. The highest BCUT2D eigenvalue weighted by Crippen LogP contribution is 2.45. The molecule has 0 radical (unpaired) electrons. The van der Waals surface area contributed by atoms with Crippen LogP contribution in [0.2, 0.25) is 0 Å². The first-order valence-corrected chi connectivity index (χ1v) is 13.4. The lowest BCUT2D eigenvalue weighted by Gasteiger charge is -2.32. The van der Waals surface area contributed by atoms with Crippen LogP contribution in [0.4, 0.5) is 23.7 Å². The van der Waals surface area contributed by atoms with Crippen LogP contribution in [0, 0.1) is 11.8 Å². The second kappa shape index (κ2) is 13.8. The first-order valence-electron chi connectivity index (χ1n) is 13.4. The summed E-state index contributed by atoms with van der Waals surface area (Å²) in [4.78, 5) is 64.7. The van der Waals surface area contributed by atoms with Gasteiger partial charge in [0, 0.05) is 25.3 Å². The summed E-state index contributed by atoms with van der Waals surface area (Å²) in [7, 11) is 4.42. The first-order chi connectivity index (χ1) is 20.7. The van der Waals surface area contributed by atoms with Gasteiger partial charge in [-0.1, -0.05) is 37.3 Å². The number of likely N-dealkylation sites (N-methyl/N-ethyl adjacent to an activating group) is 1. The number of esters is 1. The van der Waals surface area contributed by atoms with Crippen LogP contribution in [-0.4, -0.2) is 90.3 Å². The van der Waals surface area contributed by atoms with Crippen molar-refractivity contribution in [3.05, 3.63) is 60.2 Å². The minimum absolute atomic E-state index is 0.0973. The zero-order chi connectivity index (χ0) is 32.8. The molecule has 2 fully saturated rings. The fourth-order valence-electron chi connectivity index (χ4n) is 5.37. The van der Waals surface area contributed by atoms with Crippen molar-refractivity contribution in [3.63, 3.8) is 0 Å². The molecule has 2 aliphatic heterocycles. The molecule has 0 bridgehead atoms. The molecule has 0 spiro atoms. The third-order valence-electron chi connectivity index (χ3n) is 7.54. The van der Waals surface area contributed by atoms with Crippen molar-refractivity contribution in [2.75, 3.05) is 33.1 Å². The van der Waals surface area contributed by atoms with E-state index in [1.807, 2.05) is 30.3 Å². The predicted molar refractivity (Wildman–Crippen MR) is 149 cm³/mol. The number of likely N-dealkylation sites (tertiary alicyclic amines) is 1. The average molecular weight is 623 g/mol. The van der Waals surface area contributed by atoms with E-state index in [1.54, 1.807) is 45.3 Å². The lowest BCUT2D eigenvalue weighted by atomic mass is 9.78. The molecular formula is C29H33F3N4O8. The number of carboxylic acids is 1. The summed E-state index contributed by atoms with van der Waals surface area (Å²) in [5.74, 6) is -5.20. The Morgan fingerprint density at radius 2 is 1.64 bits per heavy atom. The number of ether oxygens (including phenoxy) is 2. The van der Waals surface area contributed by atoms with Crippen LogP contribution in [0.1, 0.15) is 18.9 Å². The number of halogens is 3. The third kappa shape index (κ3) is 7.10. The van der Waals surface area contributed by atoms with E-state index in [2.05, 4.69) is 10.6 Å². The zero-order valence-corrected chi connectivity index (χ0v) is 24.4. The minimum atomic E-state index is -5.08. The molecule has 3 N–H and O–H groups in total. The van der Waals surface area contributed by atoms with E-state index >= 15 is 0 Å². The molecule has 2 saturated heterocycles. The number of benzene rings is 2. The van der Waals surface area contributed by atoms with E-state index in [4.69, 9.17) is 19.4 Å². The standard InChI is InChI=1S/C27H32N4O6.C2HF3O2/c1-5-27(25(34)37-4)22-21(23(32)31(24(22)33)15-17-9-7-6-8-10-17)20(29-27)16-30(2)26(35)28-18-11-13-19(36-3)14-12-18;3-2(4,5)1(6)7/h6-14,20-22,29H,5,15-16H2,1-4H3,(H,28,35);(H,6,7)/t20-,21+,22-,27-;/m1./s1. The number of nitrogens with zero attached hydrogens (tertiary/aromatic N) is 2. The van der Waals surface area contributed by atoms with Crippen LogP contribution in [0.3, 0.4) is 0 Å². The van der Waals surface area contributed by atoms with Gasteiger partial charge in [0.25, 0.3) is 0 Å². The number of carboxylic acid groups (broad SMARTS) is 1. The van der Waals surface area contributed by atoms with Gasteiger partial charge in [0.1, 0.15) is 11.3 Å². The molecule has 15 heteroatoms. The molecule has 0 saturated carbocycles. The van der Waals surface area contributed by atoms with E-state index in [0.717, 1.165) is 5.56 Å². The molecule has 0 aromatic heterocycles. The highest BCUT2D eigenvalue weighted by molar-refractivity contribution is 6.09. The van der Waals surface area contributed by atoms with Crippen LogP contribution >= 0.6 is 0 Å². The topological polar surface area (TPSA) is 155 Å². The Hall–Kier alpha value is -4.66. The molecule has 2 aromatic carbocycles. The Balaban J connectivity index is 0.000000676. The van der Waals surface area contributed by atoms with E-state index in [-0.39, 0.29) is 25.4 Å². The molecule has 44 heavy (non-hydrogen) atoms. The number of carbonyl (C=O) groups excluding carboxylic acids is 4. The lowest BCUT2D eigenvalue weighted by molar-refractivity contribution is -0.192. The fourth-order valence-corrected chi connectivity index (χ4v) is 5.37. The van der Waals surface area contributed by atoms with Crippen molar-refractivity contribution in [3.8, 4) is 5.75 Å². The number of carbonyl (C=O) groups is 5. The van der Waals surface area contributed by atoms with Crippen LogP contribution in [0.15, 0.2) is 54.6 Å². The summed E-state index contributed by atoms with van der Waals surface area (Å²) in [6, 6.07) is 15.1. The number of methoxy groups -OCH3 is 2. The van der Waals surface area contributed by atoms with Crippen LogP contribution in [-0.2, 0) is 30.5 Å². The molecule has 238 valence electrons. The SMILES string of the molecule is CC[C@@]1(C(=O)OC)N[C@H](CN(C)C(=O)Nc2ccc(OC)cc2)[C@@H]2C(=O)N(Cc3ccccc3)C(=O)[C@@H]21.O=C(O)C(F)(F)F. The van der Waals surface area contributed by atoms with Crippen LogP contribution in [0.25, 0.3) is 0 Å². The molecule has 2 aromatic rings. The molecule has 4 atom stereocenters. The molecule has 0 unspecified atom stereocenters. The number of urea groups is 1. The fraction of sp³-hybridized carbons (Fsp3) is 0.414. The second-order valence-electron chi connectivity index (χ2n) is 10.2. The number of imide groups is 1. The Morgan fingerprint density at radius 1 is 1.05 bits per heavy atom. The van der Waals surface area contributed by atoms with E-state index in [9.17, 15) is 32.3 Å². The largest absolute Gasteiger partial charge is 0.497 e. The predicted octanol–water partition coefficient (Wildman–Crippen LogP) is 2.89. The van der Waals surface area contributed by atoms with Crippen molar-refractivity contribution in [1.29, 1.82) is 0 Å². The third-order valence-corrected chi connectivity index (χ3v) is 7.54. The van der Waals surface area contributed by atoms with E-state index < -0.39 is 53.5 Å². The molecule has 4 rings (SSSR count). The van der Waals surface area contributed by atoms with Gasteiger partial charge in [-0.2, -0.15) is 13.2 Å². The van der Waals surface area contributed by atoms with Gasteiger partial charge in [0.15, 0.2) is 0 Å². The molecule has 2 aliphatic rings. The number of hydrogen-bond donors (Lipinski definition) is 3. The molecule has 4 amide bonds. The maximum Gasteiger partial charge on any atom is 0.490 e. The second-order valence-corrected chi connectivity index (χ2v) is 10.2. The summed E-state index contributed by atoms with van der Waals surface area (Å²) in [5, 5.41) is 13.2. The van der Waals surface area contributed by atoms with Crippen molar-refractivity contribution in [2.45, 2.75) is 37.6 Å². The number of rotatable bonds is 8. The summed E-state index contributed by atoms with van der Waals surface area (Å²) < 4.78 is 42.0. The van der Waals surface area contributed by atoms with E-state index in [0.29, 0.717) is 11.4 Å². The Morgan fingerprint density at radius 3 is 2.14 bits per heavy atom. The maximum absolute atomic E-state index is 13.6. The van der Waals surface area contributed by atoms with Gasteiger partial charge in [-0.05, 0) is 36.2 Å². The summed E-state index contributed by atoms with van der Waals surface area (Å²) >= 11 is 0. The monoisotopic (exact) mass is 622 g/mol. The number of hydrogen-bond acceptors (Lipinski definition) is 8. The van der Waals surface area contributed by atoms with Crippen molar-refractivity contribution >= 4 is 35.5 Å². The Labute approximate surface area is 251 Å². The van der Waals surface area contributed by atoms with Gasteiger partial charge in [0.2, 0.25) is 11.8 Å². The number of alkyl halides is 3. The van der Waals surface area contributed by atoms with Gasteiger partial charge in [0.05, 0.1) is 32.6 Å². The number of amides is 4. The molecule has 12 nitrogen and oxygen atoms in total. The lowest BCUT2D eigenvalue weighted by Crippen LogP contribution is -2.58. The van der Waals surface area contributed by atoms with Gasteiger partial charge >= 0.3 is 24.1 Å². The highest BCUT2D eigenvalue weighted by atomic mass is 19.4. The minimum Gasteiger partial charge on any atom is -0.497 e. The van der Waals surface area contributed by atoms with Crippen molar-refractivity contribution < 1.29 is 51.7 Å². The van der Waals surface area contributed by atoms with Gasteiger partial charge in [-0.25, -0.2) is 9.59 Å². The number of fused-ring (bicyclic) bond motifs is 1. The number of anilines is 1. The maximum atomic E-state index is 13.6. The van der Waals surface area contributed by atoms with Crippen molar-refractivity contribution in [2.24, 2.45) is 11.8 Å². The zero-order valence-electron chi connectivity index (χ0n) is 24.4. The Kier molecular flexibility index (Phi) is 10.6. The van der Waals surface area contributed by atoms with Crippen molar-refractivity contribution in [1.82, 2.24) is 15.1 Å². The van der Waals surface area contributed by atoms with Crippen LogP contribution in [0.5, 0.6) is 5.75 Å². The van der Waals surface area contributed by atoms with Crippen LogP contribution < -0.4 is 15.4 Å². The summed E-state index contributed by atoms with van der Waals surface area (Å²) in [5.41, 5.74) is 0.0219. The van der Waals surface area contributed by atoms with E-state index in [1.165, 1.54) is 16.9 Å². The number of nitrogens with one attached hydrogen (secondary N) is 2. The normalized spacial score (nSPS) is 22.4. The summed E-state index contributed by atoms with van der Waals surface area (Å²) in [6.45, 7) is 1.99. The van der Waals surface area contributed by atoms with Gasteiger partial charge < -0.3 is 24.8 Å². The average Bonchev–Trinajstić information content (AvgIpc) is 3.46.